The summed E-state index contributed by atoms with van der Waals surface area (Å²) in [6.45, 7) is 5.64. The van der Waals surface area contributed by atoms with Gasteiger partial charge in [0.25, 0.3) is 0 Å². The van der Waals surface area contributed by atoms with Gasteiger partial charge in [-0.25, -0.2) is 8.42 Å². The molecule has 1 unspecified atom stereocenters. The van der Waals surface area contributed by atoms with E-state index in [4.69, 9.17) is 13.9 Å². The van der Waals surface area contributed by atoms with E-state index in [0.717, 1.165) is 5.39 Å². The highest BCUT2D eigenvalue weighted by Crippen LogP contribution is 2.31. The smallest absolute Gasteiger partial charge is 0.241 e. The highest BCUT2D eigenvalue weighted by atomic mass is 32.2. The normalized spacial score (nSPS) is 13.5. The van der Waals surface area contributed by atoms with Crippen molar-refractivity contribution in [1.82, 2.24) is 10.0 Å². The van der Waals surface area contributed by atoms with E-state index < -0.39 is 28.0 Å². The molecule has 0 saturated carbocycles. The molecule has 0 saturated heterocycles. The number of benzene rings is 2. The van der Waals surface area contributed by atoms with Crippen LogP contribution in [0.3, 0.4) is 0 Å². The highest BCUT2D eigenvalue weighted by molar-refractivity contribution is 7.89. The summed E-state index contributed by atoms with van der Waals surface area (Å²) in [6, 6.07) is 11.9. The first-order valence-electron chi connectivity index (χ1n) is 9.87. The van der Waals surface area contributed by atoms with Crippen LogP contribution in [-0.2, 0) is 14.8 Å². The molecule has 2 atom stereocenters. The molecule has 2 N–H and O–H groups in total. The molecule has 8 nitrogen and oxygen atoms in total. The van der Waals surface area contributed by atoms with Crippen molar-refractivity contribution in [3.63, 3.8) is 0 Å². The Balaban J connectivity index is 1.68. The van der Waals surface area contributed by atoms with Crippen molar-refractivity contribution in [1.29, 1.82) is 0 Å². The van der Waals surface area contributed by atoms with Crippen LogP contribution >= 0.6 is 0 Å². The fraction of sp³-hybridized carbons (Fsp3) is 0.318. The number of fused-ring (bicyclic) bond motifs is 1. The molecule has 0 fully saturated rings. The molecule has 3 aromatic rings. The zero-order chi connectivity index (χ0) is 22.6. The van der Waals surface area contributed by atoms with Crippen LogP contribution in [0.15, 0.2) is 57.8 Å². The van der Waals surface area contributed by atoms with E-state index in [-0.39, 0.29) is 4.90 Å². The number of carbonyl (C=O) groups excluding carboxylic acids is 1. The maximum atomic E-state index is 12.6. The fourth-order valence-corrected chi connectivity index (χ4v) is 4.26. The Morgan fingerprint density at radius 1 is 1.13 bits per heavy atom. The van der Waals surface area contributed by atoms with Crippen LogP contribution in [0.4, 0.5) is 0 Å². The summed E-state index contributed by atoms with van der Waals surface area (Å²) < 4.78 is 44.0. The molecule has 0 radical (unpaired) electrons. The first kappa shape index (κ1) is 22.6. The van der Waals surface area contributed by atoms with Crippen molar-refractivity contribution in [2.45, 2.75) is 37.8 Å². The predicted octanol–water partition coefficient (Wildman–Crippen LogP) is 3.38. The number of sulfonamides is 1. The third-order valence-corrected chi connectivity index (χ3v) is 6.26. The van der Waals surface area contributed by atoms with Gasteiger partial charge in [0.15, 0.2) is 11.3 Å². The summed E-state index contributed by atoms with van der Waals surface area (Å²) in [5, 5.41) is 3.64. The summed E-state index contributed by atoms with van der Waals surface area (Å²) in [5.41, 5.74) is 0.605. The molecule has 0 aliphatic rings. The number of furan rings is 1. The van der Waals surface area contributed by atoms with Crippen molar-refractivity contribution in [3.05, 3.63) is 54.3 Å². The molecular formula is C22H26N2O6S. The van der Waals surface area contributed by atoms with Crippen molar-refractivity contribution in [3.8, 4) is 11.5 Å². The molecule has 31 heavy (non-hydrogen) atoms. The van der Waals surface area contributed by atoms with Gasteiger partial charge >= 0.3 is 0 Å². The van der Waals surface area contributed by atoms with E-state index >= 15 is 0 Å². The van der Waals surface area contributed by atoms with Crippen molar-refractivity contribution in [2.24, 2.45) is 0 Å². The van der Waals surface area contributed by atoms with Gasteiger partial charge in [-0.15, -0.1) is 0 Å². The van der Waals surface area contributed by atoms with E-state index in [1.165, 1.54) is 26.2 Å². The maximum absolute atomic E-state index is 12.6. The third-order valence-electron chi connectivity index (χ3n) is 4.71. The lowest BCUT2D eigenvalue weighted by Crippen LogP contribution is -2.45. The molecule has 1 heterocycles. The van der Waals surface area contributed by atoms with E-state index in [2.05, 4.69) is 10.0 Å². The zero-order valence-electron chi connectivity index (χ0n) is 17.8. The van der Waals surface area contributed by atoms with Gasteiger partial charge in [-0.05, 0) is 57.2 Å². The largest absolute Gasteiger partial charge is 0.497 e. The SMILES string of the molecule is CCOc1cccc2cc(C(C)NC(=O)[C@H](C)NS(=O)(=O)c3ccc(OC)cc3)oc12. The van der Waals surface area contributed by atoms with Gasteiger partial charge in [-0.1, -0.05) is 12.1 Å². The third kappa shape index (κ3) is 5.18. The first-order valence-corrected chi connectivity index (χ1v) is 11.4. The predicted molar refractivity (Wildman–Crippen MR) is 117 cm³/mol. The quantitative estimate of drug-likeness (QED) is 0.522. The van der Waals surface area contributed by atoms with Gasteiger partial charge in [0.1, 0.15) is 11.5 Å². The molecule has 2 aromatic carbocycles. The Morgan fingerprint density at radius 3 is 2.48 bits per heavy atom. The summed E-state index contributed by atoms with van der Waals surface area (Å²) in [4.78, 5) is 12.6. The second-order valence-corrected chi connectivity index (χ2v) is 8.72. The number of hydrogen-bond acceptors (Lipinski definition) is 6. The van der Waals surface area contributed by atoms with Crippen molar-refractivity contribution >= 4 is 26.9 Å². The topological polar surface area (TPSA) is 107 Å². The van der Waals surface area contributed by atoms with Crippen LogP contribution in [0.1, 0.15) is 32.6 Å². The summed E-state index contributed by atoms with van der Waals surface area (Å²) in [6.07, 6.45) is 0. The molecule has 0 spiro atoms. The van der Waals surface area contributed by atoms with E-state index in [1.807, 2.05) is 31.2 Å². The molecule has 9 heteroatoms. The summed E-state index contributed by atoms with van der Waals surface area (Å²) in [5.74, 6) is 1.23. The zero-order valence-corrected chi connectivity index (χ0v) is 18.7. The summed E-state index contributed by atoms with van der Waals surface area (Å²) >= 11 is 0. The lowest BCUT2D eigenvalue weighted by Gasteiger charge is -2.17. The highest BCUT2D eigenvalue weighted by Gasteiger charge is 2.24. The second kappa shape index (κ2) is 9.40. The number of para-hydroxylation sites is 1. The Bertz CT molecular complexity index is 1150. The van der Waals surface area contributed by atoms with Gasteiger partial charge in [-0.2, -0.15) is 4.72 Å². The fourth-order valence-electron chi connectivity index (χ4n) is 3.06. The van der Waals surface area contributed by atoms with Crippen LogP contribution in [0.25, 0.3) is 11.0 Å². The number of rotatable bonds is 9. The maximum Gasteiger partial charge on any atom is 0.241 e. The lowest BCUT2D eigenvalue weighted by atomic mass is 10.2. The van der Waals surface area contributed by atoms with Crippen LogP contribution < -0.4 is 19.5 Å². The minimum absolute atomic E-state index is 0.0433. The molecule has 166 valence electrons. The average Bonchev–Trinajstić information content (AvgIpc) is 3.19. The number of carbonyl (C=O) groups is 1. The number of nitrogens with one attached hydrogen (secondary N) is 2. The first-order chi connectivity index (χ1) is 14.7. The van der Waals surface area contributed by atoms with Gasteiger partial charge in [0.05, 0.1) is 30.7 Å². The van der Waals surface area contributed by atoms with Crippen molar-refractivity contribution in [2.75, 3.05) is 13.7 Å². The average molecular weight is 447 g/mol. The van der Waals surface area contributed by atoms with E-state index in [0.29, 0.717) is 29.4 Å². The Hall–Kier alpha value is -3.04. The van der Waals surface area contributed by atoms with E-state index in [9.17, 15) is 13.2 Å². The van der Waals surface area contributed by atoms with Gasteiger partial charge in [-0.3, -0.25) is 4.79 Å². The lowest BCUT2D eigenvalue weighted by molar-refractivity contribution is -0.123. The molecule has 0 bridgehead atoms. The van der Waals surface area contributed by atoms with Crippen LogP contribution in [0, 0.1) is 0 Å². The summed E-state index contributed by atoms with van der Waals surface area (Å²) in [7, 11) is -2.37. The number of hydrogen-bond donors (Lipinski definition) is 2. The molecule has 1 aromatic heterocycles. The van der Waals surface area contributed by atoms with Gasteiger partial charge in [0.2, 0.25) is 15.9 Å². The molecule has 3 rings (SSSR count). The number of amides is 1. The Labute approximate surface area is 181 Å². The van der Waals surface area contributed by atoms with Crippen LogP contribution in [0.5, 0.6) is 11.5 Å². The second-order valence-electron chi connectivity index (χ2n) is 7.01. The molecular weight excluding hydrogens is 420 g/mol. The number of methoxy groups -OCH3 is 1. The molecule has 0 aliphatic heterocycles. The van der Waals surface area contributed by atoms with Gasteiger partial charge in [0, 0.05) is 5.39 Å². The molecule has 0 aliphatic carbocycles. The Morgan fingerprint density at radius 2 is 1.84 bits per heavy atom. The monoisotopic (exact) mass is 446 g/mol. The Kier molecular flexibility index (Phi) is 6.87. The van der Waals surface area contributed by atoms with Crippen LogP contribution in [0.2, 0.25) is 0 Å². The van der Waals surface area contributed by atoms with Crippen molar-refractivity contribution < 1.29 is 27.1 Å². The van der Waals surface area contributed by atoms with E-state index in [1.54, 1.807) is 19.1 Å². The minimum atomic E-state index is -3.87. The number of ether oxygens (including phenoxy) is 2. The van der Waals surface area contributed by atoms with Crippen LogP contribution in [-0.4, -0.2) is 34.1 Å². The molecule has 1 amide bonds. The van der Waals surface area contributed by atoms with Gasteiger partial charge < -0.3 is 19.2 Å². The standard InChI is InChI=1S/C22H26N2O6S/c1-5-29-19-8-6-7-16-13-20(30-21(16)19)14(2)23-22(25)15(3)24-31(26,27)18-11-9-17(28-4)10-12-18/h6-15,24H,5H2,1-4H3,(H,23,25)/t14?,15-/m0/s1. The minimum Gasteiger partial charge on any atom is -0.497 e.